The normalized spacial score (nSPS) is 18.9. The molecule has 3 heterocycles. The van der Waals surface area contributed by atoms with Crippen LogP contribution in [-0.2, 0) is 29.1 Å². The summed E-state index contributed by atoms with van der Waals surface area (Å²) in [7, 11) is 0. The van der Waals surface area contributed by atoms with Crippen molar-refractivity contribution in [2.75, 3.05) is 19.6 Å². The van der Waals surface area contributed by atoms with Crippen molar-refractivity contribution < 1.29 is 24.6 Å². The number of fused-ring (bicyclic) bond motifs is 2. The third-order valence-corrected chi connectivity index (χ3v) is 8.79. The van der Waals surface area contributed by atoms with Crippen molar-refractivity contribution in [1.82, 2.24) is 30.1 Å². The summed E-state index contributed by atoms with van der Waals surface area (Å²) >= 11 is 1.31. The minimum Gasteiger partial charge on any atom is -0.508 e. The number of thiazole rings is 1. The van der Waals surface area contributed by atoms with Gasteiger partial charge in [-0.3, -0.25) is 9.59 Å². The van der Waals surface area contributed by atoms with E-state index in [9.17, 15) is 24.6 Å². The highest BCUT2D eigenvalue weighted by Gasteiger charge is 2.51. The van der Waals surface area contributed by atoms with Gasteiger partial charge in [-0.15, -0.1) is 17.9 Å². The zero-order chi connectivity index (χ0) is 30.8. The molecule has 44 heavy (non-hydrogen) atoms. The second-order valence-electron chi connectivity index (χ2n) is 10.8. The first kappa shape index (κ1) is 29.1. The number of carbonyl (C=O) groups excluding carboxylic acids is 3. The van der Waals surface area contributed by atoms with E-state index in [4.69, 9.17) is 0 Å². The Bertz CT molecular complexity index is 1690. The van der Waals surface area contributed by atoms with Gasteiger partial charge in [-0.25, -0.2) is 19.8 Å². The van der Waals surface area contributed by atoms with Crippen molar-refractivity contribution in [3.63, 3.8) is 0 Å². The van der Waals surface area contributed by atoms with E-state index in [1.54, 1.807) is 57.9 Å². The van der Waals surface area contributed by atoms with E-state index in [1.807, 2.05) is 30.3 Å². The molecule has 2 fully saturated rings. The Labute approximate surface area is 258 Å². The topological polar surface area (TPSA) is 130 Å². The summed E-state index contributed by atoms with van der Waals surface area (Å²) in [6, 6.07) is 18.1. The molecule has 0 unspecified atom stereocenters. The number of hydrogen-bond donors (Lipinski definition) is 3. The van der Waals surface area contributed by atoms with Gasteiger partial charge in [0.25, 0.3) is 0 Å². The van der Waals surface area contributed by atoms with E-state index in [-0.39, 0.29) is 62.5 Å². The monoisotopic (exact) mass is 612 g/mol. The number of nitrogens with one attached hydrogen (secondary N) is 1. The van der Waals surface area contributed by atoms with E-state index in [2.05, 4.69) is 16.9 Å². The molecule has 0 bridgehead atoms. The minimum absolute atomic E-state index is 0.0650. The van der Waals surface area contributed by atoms with E-state index < -0.39 is 18.2 Å². The number of rotatable bonds is 8. The molecule has 2 saturated heterocycles. The Morgan fingerprint density at radius 1 is 1.05 bits per heavy atom. The molecular formula is C32H32N6O5S. The molecular weight excluding hydrogens is 580 g/mol. The molecule has 1 aromatic heterocycles. The molecule has 2 aliphatic heterocycles. The minimum atomic E-state index is -0.899. The fraction of sp³-hybridized carbons (Fsp3) is 0.250. The average molecular weight is 613 g/mol. The lowest BCUT2D eigenvalue weighted by Gasteiger charge is -2.55. The molecule has 0 radical (unpaired) electrons. The van der Waals surface area contributed by atoms with E-state index in [0.29, 0.717) is 10.2 Å². The van der Waals surface area contributed by atoms with E-state index >= 15 is 0 Å². The van der Waals surface area contributed by atoms with Crippen molar-refractivity contribution in [2.24, 2.45) is 0 Å². The average Bonchev–Trinajstić information content (AvgIpc) is 3.52. The third-order valence-electron chi connectivity index (χ3n) is 7.94. The summed E-state index contributed by atoms with van der Waals surface area (Å²) in [5.74, 6) is -0.321. The summed E-state index contributed by atoms with van der Waals surface area (Å²) in [5.41, 5.74) is 4.67. The summed E-state index contributed by atoms with van der Waals surface area (Å²) in [6.07, 6.45) is 1.03. The van der Waals surface area contributed by atoms with Crippen molar-refractivity contribution in [2.45, 2.75) is 31.7 Å². The maximum atomic E-state index is 14.2. The molecule has 0 saturated carbocycles. The molecule has 0 spiro atoms. The van der Waals surface area contributed by atoms with Crippen LogP contribution in [0, 0.1) is 0 Å². The second-order valence-corrected chi connectivity index (χ2v) is 11.6. The largest absolute Gasteiger partial charge is 0.508 e. The number of aromatic nitrogens is 1. The molecule has 3 aromatic carbocycles. The maximum Gasteiger partial charge on any atom is 0.334 e. The van der Waals surface area contributed by atoms with Gasteiger partial charge < -0.3 is 25.3 Å². The van der Waals surface area contributed by atoms with Gasteiger partial charge >= 0.3 is 6.03 Å². The number of nitrogens with zero attached hydrogens (tertiary/aromatic N) is 5. The number of piperazine rings is 1. The fourth-order valence-electron chi connectivity index (χ4n) is 5.88. The number of phenolic OH excluding ortho intramolecular Hbond substituents is 2. The highest BCUT2D eigenvalue weighted by atomic mass is 32.1. The van der Waals surface area contributed by atoms with Crippen molar-refractivity contribution in [3.05, 3.63) is 102 Å². The van der Waals surface area contributed by atoms with Crippen LogP contribution in [0.4, 0.5) is 4.79 Å². The van der Waals surface area contributed by atoms with Crippen LogP contribution in [0.5, 0.6) is 11.5 Å². The summed E-state index contributed by atoms with van der Waals surface area (Å²) in [4.78, 5) is 49.4. The Hall–Kier alpha value is -4.94. The highest BCUT2D eigenvalue weighted by molar-refractivity contribution is 7.17. The van der Waals surface area contributed by atoms with Gasteiger partial charge in [0.2, 0.25) is 11.8 Å². The van der Waals surface area contributed by atoms with Gasteiger partial charge in [-0.2, -0.15) is 0 Å². The molecule has 4 aromatic rings. The van der Waals surface area contributed by atoms with Gasteiger partial charge in [-0.1, -0.05) is 54.6 Å². The quantitative estimate of drug-likeness (QED) is 0.260. The summed E-state index contributed by atoms with van der Waals surface area (Å²) < 4.78 is 0.626. The molecule has 12 heteroatoms. The van der Waals surface area contributed by atoms with Crippen molar-refractivity contribution >= 4 is 39.4 Å². The maximum absolute atomic E-state index is 14.2. The number of carbonyl (C=O) groups is 3. The van der Waals surface area contributed by atoms with Crippen LogP contribution in [0.2, 0.25) is 0 Å². The first-order valence-electron chi connectivity index (χ1n) is 14.2. The number of aromatic hydroxyl groups is 2. The lowest BCUT2D eigenvalue weighted by molar-refractivity contribution is -0.189. The molecule has 226 valence electrons. The number of urea groups is 1. The van der Waals surface area contributed by atoms with Crippen LogP contribution in [-0.4, -0.2) is 84.7 Å². The number of hydrazine groups is 1. The number of amides is 4. The van der Waals surface area contributed by atoms with Crippen molar-refractivity contribution in [1.29, 1.82) is 0 Å². The van der Waals surface area contributed by atoms with Gasteiger partial charge in [-0.05, 0) is 34.9 Å². The van der Waals surface area contributed by atoms with Gasteiger partial charge in [0, 0.05) is 26.1 Å². The van der Waals surface area contributed by atoms with E-state index in [1.165, 1.54) is 21.2 Å². The Balaban J connectivity index is 1.37. The lowest BCUT2D eigenvalue weighted by atomic mass is 9.98. The Kier molecular flexibility index (Phi) is 8.18. The smallest absolute Gasteiger partial charge is 0.334 e. The summed E-state index contributed by atoms with van der Waals surface area (Å²) in [5, 5.41) is 26.3. The number of hydrogen-bond acceptors (Lipinski definition) is 8. The number of benzene rings is 3. The standard InChI is InChI=1S/C32H32N6O5S/c1-2-14-36-19-28(41)37-25(15-21-8-11-24(39)12-9-21)31(42)35(17-23-10-13-26(40)30-29(23)34-20-44-30)18-27(37)38(36)32(43)33-16-22-6-4-3-5-7-22/h2-13,20,25,27,39-40H,1,14-19H2,(H,33,43)/t25-,27-/m0/s1. The highest BCUT2D eigenvalue weighted by Crippen LogP contribution is 2.33. The molecule has 2 aliphatic rings. The first-order valence-corrected chi connectivity index (χ1v) is 15.1. The molecule has 3 N–H and O–H groups in total. The van der Waals surface area contributed by atoms with Gasteiger partial charge in [0.1, 0.15) is 23.7 Å². The van der Waals surface area contributed by atoms with Crippen LogP contribution in [0.15, 0.2) is 84.9 Å². The molecule has 4 amide bonds. The van der Waals surface area contributed by atoms with Crippen LogP contribution >= 0.6 is 11.3 Å². The second kappa shape index (κ2) is 12.3. The predicted molar refractivity (Wildman–Crippen MR) is 165 cm³/mol. The third kappa shape index (κ3) is 5.69. The Morgan fingerprint density at radius 2 is 1.82 bits per heavy atom. The number of phenols is 2. The van der Waals surface area contributed by atoms with Crippen LogP contribution in [0.1, 0.15) is 16.7 Å². The molecule has 2 atom stereocenters. The zero-order valence-corrected chi connectivity index (χ0v) is 24.7. The molecule has 11 nitrogen and oxygen atoms in total. The van der Waals surface area contributed by atoms with Crippen LogP contribution in [0.3, 0.4) is 0 Å². The first-order chi connectivity index (χ1) is 21.3. The SMILES string of the molecule is C=CCN1CC(=O)N2[C@@H](Cc3ccc(O)cc3)C(=O)N(Cc3ccc(O)c4scnc34)C[C@@H]2N1C(=O)NCc1ccccc1. The molecule has 6 rings (SSSR count). The summed E-state index contributed by atoms with van der Waals surface area (Å²) in [6.45, 7) is 4.50. The van der Waals surface area contributed by atoms with E-state index in [0.717, 1.165) is 16.7 Å². The lowest BCUT2D eigenvalue weighted by Crippen LogP contribution is -2.76. The zero-order valence-electron chi connectivity index (χ0n) is 23.9. The molecule has 0 aliphatic carbocycles. The Morgan fingerprint density at radius 3 is 2.57 bits per heavy atom. The van der Waals surface area contributed by atoms with Gasteiger partial charge in [0.05, 0.1) is 28.8 Å². The predicted octanol–water partition coefficient (Wildman–Crippen LogP) is 3.44. The van der Waals surface area contributed by atoms with Crippen LogP contribution in [0.25, 0.3) is 10.2 Å². The van der Waals surface area contributed by atoms with Crippen LogP contribution < -0.4 is 5.32 Å². The fourth-order valence-corrected chi connectivity index (χ4v) is 6.63. The van der Waals surface area contributed by atoms with Crippen molar-refractivity contribution in [3.8, 4) is 11.5 Å². The van der Waals surface area contributed by atoms with Gasteiger partial charge in [0.15, 0.2) is 0 Å².